The number of halogens is 3. The number of urea groups is 1. The minimum Gasteiger partial charge on any atom is -0.492 e. The van der Waals surface area contributed by atoms with Crippen molar-refractivity contribution in [3.05, 3.63) is 29.8 Å². The summed E-state index contributed by atoms with van der Waals surface area (Å²) in [5.74, 6) is -0.971. The van der Waals surface area contributed by atoms with Gasteiger partial charge in [-0.1, -0.05) is 0 Å². The summed E-state index contributed by atoms with van der Waals surface area (Å²) >= 11 is 0. The molecule has 0 spiro atoms. The summed E-state index contributed by atoms with van der Waals surface area (Å²) in [6, 6.07) is 4.00. The van der Waals surface area contributed by atoms with Crippen LogP contribution in [0.25, 0.3) is 0 Å². The zero-order valence-corrected chi connectivity index (χ0v) is 13.4. The molecule has 2 amide bonds. The molecule has 1 aliphatic rings. The van der Waals surface area contributed by atoms with E-state index in [2.05, 4.69) is 5.32 Å². The number of amides is 2. The van der Waals surface area contributed by atoms with Crippen LogP contribution in [0.5, 0.6) is 5.75 Å². The molecule has 0 unspecified atom stereocenters. The summed E-state index contributed by atoms with van der Waals surface area (Å²) in [4.78, 5) is 24.3. The Kier molecular flexibility index (Phi) is 6.11. The maximum atomic E-state index is 12.4. The summed E-state index contributed by atoms with van der Waals surface area (Å²) in [5.41, 5.74) is -0.752. The van der Waals surface area contributed by atoms with Crippen LogP contribution in [0.4, 0.5) is 18.0 Å². The highest BCUT2D eigenvalue weighted by Gasteiger charge is 2.30. The van der Waals surface area contributed by atoms with Gasteiger partial charge in [-0.05, 0) is 37.1 Å². The van der Waals surface area contributed by atoms with Crippen molar-refractivity contribution in [2.24, 2.45) is 5.92 Å². The standard InChI is InChI=1S/C16H19F3N2O4/c17-16(18,19)12-1-3-13(4-2-12)25-10-7-20-15(24)21-8-5-11(6-9-21)14(22)23/h1-4,11H,5-10H2,(H,20,24)(H,22,23). The van der Waals surface area contributed by atoms with Gasteiger partial charge in [0.2, 0.25) is 0 Å². The molecule has 0 radical (unpaired) electrons. The predicted octanol–water partition coefficient (Wildman–Crippen LogP) is 2.59. The topological polar surface area (TPSA) is 78.9 Å². The Hall–Kier alpha value is -2.45. The van der Waals surface area contributed by atoms with Crippen LogP contribution in [0.15, 0.2) is 24.3 Å². The molecule has 0 saturated carbocycles. The van der Waals surface area contributed by atoms with Gasteiger partial charge in [0.25, 0.3) is 0 Å². The first-order valence-electron chi connectivity index (χ1n) is 7.83. The van der Waals surface area contributed by atoms with Gasteiger partial charge in [-0.15, -0.1) is 0 Å². The van der Waals surface area contributed by atoms with Crippen LogP contribution in [-0.2, 0) is 11.0 Å². The van der Waals surface area contributed by atoms with E-state index in [1.165, 1.54) is 17.0 Å². The van der Waals surface area contributed by atoms with Crippen molar-refractivity contribution in [3.8, 4) is 5.75 Å². The van der Waals surface area contributed by atoms with Gasteiger partial charge in [0, 0.05) is 13.1 Å². The van der Waals surface area contributed by atoms with E-state index in [9.17, 15) is 22.8 Å². The van der Waals surface area contributed by atoms with Crippen LogP contribution in [0.3, 0.4) is 0 Å². The molecule has 1 heterocycles. The molecule has 2 rings (SSSR count). The van der Waals surface area contributed by atoms with E-state index in [4.69, 9.17) is 9.84 Å². The Morgan fingerprint density at radius 2 is 1.80 bits per heavy atom. The summed E-state index contributed by atoms with van der Waals surface area (Å²) in [6.07, 6.45) is -3.55. The molecular formula is C16H19F3N2O4. The smallest absolute Gasteiger partial charge is 0.416 e. The molecule has 6 nitrogen and oxygen atoms in total. The van der Waals surface area contributed by atoms with Gasteiger partial charge in [0.05, 0.1) is 18.0 Å². The first-order valence-corrected chi connectivity index (χ1v) is 7.83. The Bertz CT molecular complexity index is 596. The van der Waals surface area contributed by atoms with E-state index in [0.717, 1.165) is 12.1 Å². The lowest BCUT2D eigenvalue weighted by Gasteiger charge is -2.30. The molecule has 9 heteroatoms. The molecule has 0 aromatic heterocycles. The number of rotatable bonds is 5. The lowest BCUT2D eigenvalue weighted by Crippen LogP contribution is -2.46. The van der Waals surface area contributed by atoms with E-state index in [1.807, 2.05) is 0 Å². The number of nitrogens with zero attached hydrogens (tertiary/aromatic N) is 1. The third-order valence-electron chi connectivity index (χ3n) is 3.96. The van der Waals surface area contributed by atoms with Crippen LogP contribution in [-0.4, -0.2) is 48.2 Å². The second-order valence-corrected chi connectivity index (χ2v) is 5.70. The number of likely N-dealkylation sites (tertiary alicyclic amines) is 1. The summed E-state index contributed by atoms with van der Waals surface area (Å²) in [6.45, 7) is 1.06. The van der Waals surface area contributed by atoms with Crippen molar-refractivity contribution in [1.29, 1.82) is 0 Å². The first kappa shape index (κ1) is 18.9. The van der Waals surface area contributed by atoms with Gasteiger partial charge in [-0.2, -0.15) is 13.2 Å². The summed E-state index contributed by atoms with van der Waals surface area (Å²) < 4.78 is 42.6. The number of carbonyl (C=O) groups excluding carboxylic acids is 1. The van der Waals surface area contributed by atoms with Crippen LogP contribution >= 0.6 is 0 Å². The van der Waals surface area contributed by atoms with E-state index >= 15 is 0 Å². The van der Waals surface area contributed by atoms with Gasteiger partial charge in [0.15, 0.2) is 0 Å². The normalized spacial score (nSPS) is 15.7. The Balaban J connectivity index is 1.67. The van der Waals surface area contributed by atoms with Crippen molar-refractivity contribution in [3.63, 3.8) is 0 Å². The molecule has 0 bridgehead atoms. The maximum absolute atomic E-state index is 12.4. The zero-order chi connectivity index (χ0) is 18.4. The fourth-order valence-corrected chi connectivity index (χ4v) is 2.51. The monoisotopic (exact) mass is 360 g/mol. The van der Waals surface area contributed by atoms with Crippen molar-refractivity contribution in [1.82, 2.24) is 10.2 Å². The van der Waals surface area contributed by atoms with Crippen molar-refractivity contribution in [2.45, 2.75) is 19.0 Å². The van der Waals surface area contributed by atoms with Gasteiger partial charge < -0.3 is 20.1 Å². The molecule has 1 aliphatic heterocycles. The fraction of sp³-hybridized carbons (Fsp3) is 0.500. The first-order chi connectivity index (χ1) is 11.8. The fourth-order valence-electron chi connectivity index (χ4n) is 2.51. The van der Waals surface area contributed by atoms with Crippen LogP contribution in [0.2, 0.25) is 0 Å². The molecule has 25 heavy (non-hydrogen) atoms. The Labute approximate surface area is 142 Å². The number of alkyl halides is 3. The third kappa shape index (κ3) is 5.54. The lowest BCUT2D eigenvalue weighted by molar-refractivity contribution is -0.143. The van der Waals surface area contributed by atoms with E-state index in [1.54, 1.807) is 0 Å². The van der Waals surface area contributed by atoms with Gasteiger partial charge in [-0.3, -0.25) is 4.79 Å². The molecule has 2 N–H and O–H groups in total. The molecule has 138 valence electrons. The van der Waals surface area contributed by atoms with Gasteiger partial charge >= 0.3 is 18.2 Å². The SMILES string of the molecule is O=C(O)C1CCN(C(=O)NCCOc2ccc(C(F)(F)F)cc2)CC1. The maximum Gasteiger partial charge on any atom is 0.416 e. The number of aliphatic carboxylic acids is 1. The minimum absolute atomic E-state index is 0.114. The van der Waals surface area contributed by atoms with E-state index in [-0.39, 0.29) is 24.9 Å². The second-order valence-electron chi connectivity index (χ2n) is 5.70. The average Bonchev–Trinajstić information content (AvgIpc) is 2.58. The molecule has 1 fully saturated rings. The van der Waals surface area contributed by atoms with Crippen molar-refractivity contribution in [2.75, 3.05) is 26.2 Å². The number of carboxylic acid groups (broad SMARTS) is 1. The number of hydrogen-bond donors (Lipinski definition) is 2. The molecule has 1 saturated heterocycles. The number of ether oxygens (including phenoxy) is 1. The summed E-state index contributed by atoms with van der Waals surface area (Å²) in [5, 5.41) is 11.5. The number of carbonyl (C=O) groups is 2. The Morgan fingerprint density at radius 1 is 1.20 bits per heavy atom. The zero-order valence-electron chi connectivity index (χ0n) is 13.4. The number of nitrogens with one attached hydrogen (secondary N) is 1. The Morgan fingerprint density at radius 3 is 2.32 bits per heavy atom. The largest absolute Gasteiger partial charge is 0.492 e. The summed E-state index contributed by atoms with van der Waals surface area (Å²) in [7, 11) is 0. The lowest BCUT2D eigenvalue weighted by atomic mass is 9.97. The van der Waals surface area contributed by atoms with E-state index < -0.39 is 23.6 Å². The van der Waals surface area contributed by atoms with Crippen LogP contribution in [0, 0.1) is 5.92 Å². The minimum atomic E-state index is -4.39. The highest BCUT2D eigenvalue weighted by Crippen LogP contribution is 2.30. The van der Waals surface area contributed by atoms with E-state index in [0.29, 0.717) is 25.9 Å². The van der Waals surface area contributed by atoms with Crippen LogP contribution < -0.4 is 10.1 Å². The molecule has 0 aliphatic carbocycles. The number of carboxylic acids is 1. The second kappa shape index (κ2) is 8.09. The average molecular weight is 360 g/mol. The van der Waals surface area contributed by atoms with Gasteiger partial charge in [-0.25, -0.2) is 4.79 Å². The quantitative estimate of drug-likeness (QED) is 0.791. The highest BCUT2D eigenvalue weighted by molar-refractivity contribution is 5.75. The van der Waals surface area contributed by atoms with Crippen molar-refractivity contribution >= 4 is 12.0 Å². The molecular weight excluding hydrogens is 341 g/mol. The molecule has 0 atom stereocenters. The number of hydrogen-bond acceptors (Lipinski definition) is 3. The predicted molar refractivity (Wildman–Crippen MR) is 82.3 cm³/mol. The number of piperidine rings is 1. The molecule has 1 aromatic carbocycles. The molecule has 1 aromatic rings. The third-order valence-corrected chi connectivity index (χ3v) is 3.96. The van der Waals surface area contributed by atoms with Gasteiger partial charge in [0.1, 0.15) is 12.4 Å². The van der Waals surface area contributed by atoms with Crippen LogP contribution in [0.1, 0.15) is 18.4 Å². The van der Waals surface area contributed by atoms with Crippen molar-refractivity contribution < 1.29 is 32.6 Å². The highest BCUT2D eigenvalue weighted by atomic mass is 19.4. The number of benzene rings is 1.